The average Bonchev–Trinajstić information content (AvgIpc) is 2.70. The Balaban J connectivity index is 2.26. The zero-order valence-electron chi connectivity index (χ0n) is 9.25. The fraction of sp³-hybridized carbons (Fsp3) is 0.545. The van der Waals surface area contributed by atoms with Crippen LogP contribution in [0.15, 0.2) is 17.5 Å². The van der Waals surface area contributed by atoms with Gasteiger partial charge >= 0.3 is 0 Å². The van der Waals surface area contributed by atoms with E-state index in [-0.39, 0.29) is 11.9 Å². The molecule has 1 heterocycles. The molecule has 4 heteroatoms. The maximum absolute atomic E-state index is 11.5. The van der Waals surface area contributed by atoms with Crippen LogP contribution in [0.4, 0.5) is 0 Å². The number of hydrogen-bond acceptors (Lipinski definition) is 3. The van der Waals surface area contributed by atoms with Crippen molar-refractivity contribution in [3.8, 4) is 0 Å². The van der Waals surface area contributed by atoms with Gasteiger partial charge in [0.25, 0.3) is 0 Å². The highest BCUT2D eigenvalue weighted by Gasteiger charge is 2.09. The molecule has 0 unspecified atom stereocenters. The van der Waals surface area contributed by atoms with E-state index in [2.05, 4.69) is 10.6 Å². The summed E-state index contributed by atoms with van der Waals surface area (Å²) in [5.41, 5.74) is 0. The van der Waals surface area contributed by atoms with Gasteiger partial charge in [-0.3, -0.25) is 4.79 Å². The van der Waals surface area contributed by atoms with Gasteiger partial charge in [0.1, 0.15) is 0 Å². The monoisotopic (exact) mass is 226 g/mol. The fourth-order valence-corrected chi connectivity index (χ4v) is 2.04. The van der Waals surface area contributed by atoms with Crippen molar-refractivity contribution in [2.45, 2.75) is 26.3 Å². The zero-order chi connectivity index (χ0) is 11.1. The first-order chi connectivity index (χ1) is 7.24. The van der Waals surface area contributed by atoms with Gasteiger partial charge in [-0.15, -0.1) is 11.3 Å². The molecule has 1 aromatic rings. The molecule has 0 radical (unpaired) electrons. The van der Waals surface area contributed by atoms with E-state index in [4.69, 9.17) is 0 Å². The van der Waals surface area contributed by atoms with Crippen molar-refractivity contribution >= 4 is 17.2 Å². The van der Waals surface area contributed by atoms with Gasteiger partial charge < -0.3 is 10.6 Å². The van der Waals surface area contributed by atoms with Crippen LogP contribution in [0.3, 0.4) is 0 Å². The van der Waals surface area contributed by atoms with E-state index < -0.39 is 0 Å². The maximum atomic E-state index is 11.5. The molecule has 0 spiro atoms. The molecule has 1 atom stereocenters. The smallest absolute Gasteiger partial charge is 0.221 e. The van der Waals surface area contributed by atoms with E-state index >= 15 is 0 Å². The minimum Gasteiger partial charge on any atom is -0.349 e. The molecule has 0 aliphatic carbocycles. The van der Waals surface area contributed by atoms with Crippen molar-refractivity contribution in [3.63, 3.8) is 0 Å². The first kappa shape index (κ1) is 12.2. The molecule has 0 aliphatic rings. The lowest BCUT2D eigenvalue weighted by Gasteiger charge is -2.12. The van der Waals surface area contributed by atoms with Gasteiger partial charge in [-0.05, 0) is 24.9 Å². The summed E-state index contributed by atoms with van der Waals surface area (Å²) in [6, 6.07) is 4.17. The Labute approximate surface area is 94.9 Å². The van der Waals surface area contributed by atoms with Gasteiger partial charge in [-0.1, -0.05) is 13.0 Å². The summed E-state index contributed by atoms with van der Waals surface area (Å²) >= 11 is 1.67. The Hall–Kier alpha value is -0.870. The first-order valence-electron chi connectivity index (χ1n) is 5.27. The van der Waals surface area contributed by atoms with E-state index in [1.807, 2.05) is 31.4 Å². The predicted molar refractivity (Wildman–Crippen MR) is 64.0 cm³/mol. The second kappa shape index (κ2) is 6.58. The largest absolute Gasteiger partial charge is 0.349 e. The molecule has 0 saturated heterocycles. The molecular formula is C11H18N2OS. The Morgan fingerprint density at radius 2 is 2.40 bits per heavy atom. The van der Waals surface area contributed by atoms with Crippen molar-refractivity contribution in [1.29, 1.82) is 0 Å². The number of rotatable bonds is 6. The molecule has 1 rings (SSSR count). The summed E-state index contributed by atoms with van der Waals surface area (Å²) in [5, 5.41) is 8.13. The summed E-state index contributed by atoms with van der Waals surface area (Å²) in [4.78, 5) is 12.7. The lowest BCUT2D eigenvalue weighted by atomic mass is 10.2. The molecule has 0 bridgehead atoms. The predicted octanol–water partition coefficient (Wildman–Crippen LogP) is 1.92. The molecule has 0 aromatic carbocycles. The summed E-state index contributed by atoms with van der Waals surface area (Å²) in [7, 11) is 0. The van der Waals surface area contributed by atoms with Crippen LogP contribution < -0.4 is 10.6 Å². The van der Waals surface area contributed by atoms with Crippen LogP contribution >= 0.6 is 11.3 Å². The third-order valence-corrected chi connectivity index (χ3v) is 3.18. The van der Waals surface area contributed by atoms with E-state index in [1.54, 1.807) is 11.3 Å². The van der Waals surface area contributed by atoms with Crippen LogP contribution in [0.1, 0.15) is 31.2 Å². The Morgan fingerprint density at radius 3 is 3.00 bits per heavy atom. The number of carbonyl (C=O) groups is 1. The molecule has 1 amide bonds. The molecule has 2 N–H and O–H groups in total. The standard InChI is InChI=1S/C11H18N2OS/c1-3-12-7-6-11(14)13-9(2)10-5-4-8-15-10/h4-5,8-9,12H,3,6-7H2,1-2H3,(H,13,14)/t9-/m0/s1. The number of amides is 1. The third kappa shape index (κ3) is 4.44. The zero-order valence-corrected chi connectivity index (χ0v) is 10.1. The Kier molecular flexibility index (Phi) is 5.36. The highest BCUT2D eigenvalue weighted by atomic mass is 32.1. The van der Waals surface area contributed by atoms with Crippen molar-refractivity contribution < 1.29 is 4.79 Å². The lowest BCUT2D eigenvalue weighted by molar-refractivity contribution is -0.121. The molecular weight excluding hydrogens is 208 g/mol. The molecule has 84 valence electrons. The maximum Gasteiger partial charge on any atom is 0.221 e. The summed E-state index contributed by atoms with van der Waals surface area (Å²) in [6.45, 7) is 5.70. The van der Waals surface area contributed by atoms with Gasteiger partial charge in [-0.25, -0.2) is 0 Å². The van der Waals surface area contributed by atoms with Gasteiger partial charge in [-0.2, -0.15) is 0 Å². The first-order valence-corrected chi connectivity index (χ1v) is 6.15. The minimum absolute atomic E-state index is 0.108. The Bertz CT molecular complexity index is 285. The van der Waals surface area contributed by atoms with E-state index in [0.29, 0.717) is 6.42 Å². The van der Waals surface area contributed by atoms with Gasteiger partial charge in [0.2, 0.25) is 5.91 Å². The van der Waals surface area contributed by atoms with Gasteiger partial charge in [0, 0.05) is 17.8 Å². The van der Waals surface area contributed by atoms with Crippen LogP contribution in [0, 0.1) is 0 Å². The van der Waals surface area contributed by atoms with Crippen molar-refractivity contribution in [1.82, 2.24) is 10.6 Å². The second-order valence-electron chi connectivity index (χ2n) is 3.41. The summed E-state index contributed by atoms with van der Waals surface area (Å²) < 4.78 is 0. The quantitative estimate of drug-likeness (QED) is 0.728. The second-order valence-corrected chi connectivity index (χ2v) is 4.39. The SMILES string of the molecule is CCNCCC(=O)N[C@@H](C)c1cccs1. The highest BCUT2D eigenvalue weighted by Crippen LogP contribution is 2.17. The fourth-order valence-electron chi connectivity index (χ4n) is 1.30. The van der Waals surface area contributed by atoms with Crippen LogP contribution in [-0.2, 0) is 4.79 Å². The molecule has 3 nitrogen and oxygen atoms in total. The lowest BCUT2D eigenvalue weighted by Crippen LogP contribution is -2.29. The number of hydrogen-bond donors (Lipinski definition) is 2. The van der Waals surface area contributed by atoms with E-state index in [9.17, 15) is 4.79 Å². The molecule has 0 fully saturated rings. The van der Waals surface area contributed by atoms with Gasteiger partial charge in [0.15, 0.2) is 0 Å². The van der Waals surface area contributed by atoms with Crippen LogP contribution in [-0.4, -0.2) is 19.0 Å². The van der Waals surface area contributed by atoms with Crippen molar-refractivity contribution in [2.75, 3.05) is 13.1 Å². The number of carbonyl (C=O) groups excluding carboxylic acids is 1. The van der Waals surface area contributed by atoms with Crippen molar-refractivity contribution in [3.05, 3.63) is 22.4 Å². The van der Waals surface area contributed by atoms with Crippen LogP contribution in [0.25, 0.3) is 0 Å². The van der Waals surface area contributed by atoms with E-state index in [0.717, 1.165) is 13.1 Å². The minimum atomic E-state index is 0.108. The topological polar surface area (TPSA) is 41.1 Å². The van der Waals surface area contributed by atoms with Gasteiger partial charge in [0.05, 0.1) is 6.04 Å². The molecule has 0 aliphatic heterocycles. The van der Waals surface area contributed by atoms with E-state index in [1.165, 1.54) is 4.88 Å². The number of thiophene rings is 1. The third-order valence-electron chi connectivity index (χ3n) is 2.13. The Morgan fingerprint density at radius 1 is 1.60 bits per heavy atom. The molecule has 0 saturated carbocycles. The normalized spacial score (nSPS) is 12.4. The average molecular weight is 226 g/mol. The summed E-state index contributed by atoms with van der Waals surface area (Å²) in [6.07, 6.45) is 0.545. The highest BCUT2D eigenvalue weighted by molar-refractivity contribution is 7.10. The van der Waals surface area contributed by atoms with Crippen LogP contribution in [0.5, 0.6) is 0 Å². The number of nitrogens with one attached hydrogen (secondary N) is 2. The summed E-state index contributed by atoms with van der Waals surface area (Å²) in [5.74, 6) is 0.108. The van der Waals surface area contributed by atoms with Crippen LogP contribution in [0.2, 0.25) is 0 Å². The molecule has 1 aromatic heterocycles. The van der Waals surface area contributed by atoms with Crippen molar-refractivity contribution in [2.24, 2.45) is 0 Å². The molecule has 15 heavy (non-hydrogen) atoms.